The van der Waals surface area contributed by atoms with E-state index in [4.69, 9.17) is 17.3 Å². The predicted molar refractivity (Wildman–Crippen MR) is 59.2 cm³/mol. The molecule has 1 aromatic heterocycles. The van der Waals surface area contributed by atoms with Crippen LogP contribution in [0, 0.1) is 11.8 Å². The van der Waals surface area contributed by atoms with Crippen LogP contribution in [0.2, 0.25) is 5.15 Å². The molecule has 0 aliphatic rings. The van der Waals surface area contributed by atoms with Crippen molar-refractivity contribution in [3.8, 4) is 11.8 Å². The number of nitrogens with one attached hydrogen (secondary N) is 1. The van der Waals surface area contributed by atoms with Crippen molar-refractivity contribution in [1.29, 1.82) is 0 Å². The SMILES string of the molecule is CC(=O)NCC#Cc1nc(Cl)ccc1N. The lowest BCUT2D eigenvalue weighted by molar-refractivity contribution is -0.118. The molecule has 0 atom stereocenters. The van der Waals surface area contributed by atoms with Crippen LogP contribution < -0.4 is 11.1 Å². The van der Waals surface area contributed by atoms with E-state index in [1.54, 1.807) is 12.1 Å². The van der Waals surface area contributed by atoms with E-state index >= 15 is 0 Å². The van der Waals surface area contributed by atoms with Gasteiger partial charge in [-0.05, 0) is 18.1 Å². The Bertz CT molecular complexity index is 434. The third-order valence-electron chi connectivity index (χ3n) is 1.52. The summed E-state index contributed by atoms with van der Waals surface area (Å²) < 4.78 is 0. The second-order valence-corrected chi connectivity index (χ2v) is 3.17. The van der Waals surface area contributed by atoms with Crippen LogP contribution in [0.15, 0.2) is 12.1 Å². The highest BCUT2D eigenvalue weighted by molar-refractivity contribution is 6.29. The van der Waals surface area contributed by atoms with Crippen LogP contribution in [0.5, 0.6) is 0 Å². The first-order valence-electron chi connectivity index (χ1n) is 4.25. The van der Waals surface area contributed by atoms with E-state index in [2.05, 4.69) is 22.1 Å². The van der Waals surface area contributed by atoms with Gasteiger partial charge in [-0.3, -0.25) is 4.79 Å². The normalized spacial score (nSPS) is 8.93. The number of hydrogen-bond donors (Lipinski definition) is 2. The second kappa shape index (κ2) is 5.23. The Morgan fingerprint density at radius 1 is 1.67 bits per heavy atom. The smallest absolute Gasteiger partial charge is 0.217 e. The number of aromatic nitrogens is 1. The van der Waals surface area contributed by atoms with E-state index in [-0.39, 0.29) is 12.5 Å². The highest BCUT2D eigenvalue weighted by atomic mass is 35.5. The van der Waals surface area contributed by atoms with Crippen molar-refractivity contribution < 1.29 is 4.79 Å². The molecule has 0 saturated heterocycles. The van der Waals surface area contributed by atoms with Gasteiger partial charge in [0.05, 0.1) is 12.2 Å². The van der Waals surface area contributed by atoms with E-state index in [9.17, 15) is 4.79 Å². The van der Waals surface area contributed by atoms with Gasteiger partial charge in [-0.1, -0.05) is 17.5 Å². The van der Waals surface area contributed by atoms with Gasteiger partial charge >= 0.3 is 0 Å². The molecule has 0 bridgehead atoms. The molecular formula is C10H10ClN3O. The van der Waals surface area contributed by atoms with E-state index in [0.29, 0.717) is 16.5 Å². The molecule has 78 valence electrons. The molecule has 0 fully saturated rings. The number of rotatable bonds is 1. The third kappa shape index (κ3) is 3.88. The molecule has 0 radical (unpaired) electrons. The zero-order valence-electron chi connectivity index (χ0n) is 8.17. The fourth-order valence-corrected chi connectivity index (χ4v) is 0.990. The minimum atomic E-state index is -0.128. The standard InChI is InChI=1S/C10H10ClN3O/c1-7(15)13-6-2-3-9-8(12)4-5-10(11)14-9/h4-5H,6,12H2,1H3,(H,13,15). The van der Waals surface area contributed by atoms with Gasteiger partial charge in [0.15, 0.2) is 0 Å². The number of pyridine rings is 1. The number of amides is 1. The maximum atomic E-state index is 10.5. The first-order valence-corrected chi connectivity index (χ1v) is 4.62. The summed E-state index contributed by atoms with van der Waals surface area (Å²) in [6.07, 6.45) is 0. The third-order valence-corrected chi connectivity index (χ3v) is 1.74. The van der Waals surface area contributed by atoms with Crippen LogP contribution in [0.4, 0.5) is 5.69 Å². The number of carbonyl (C=O) groups excluding carboxylic acids is 1. The molecule has 1 heterocycles. The van der Waals surface area contributed by atoms with Crippen LogP contribution in [0.3, 0.4) is 0 Å². The first kappa shape index (κ1) is 11.3. The Balaban J connectivity index is 2.71. The van der Waals surface area contributed by atoms with Crippen LogP contribution in [-0.2, 0) is 4.79 Å². The number of hydrogen-bond acceptors (Lipinski definition) is 3. The van der Waals surface area contributed by atoms with Crippen LogP contribution >= 0.6 is 11.6 Å². The minimum absolute atomic E-state index is 0.128. The first-order chi connectivity index (χ1) is 7.09. The molecule has 15 heavy (non-hydrogen) atoms. The summed E-state index contributed by atoms with van der Waals surface area (Å²) in [4.78, 5) is 14.5. The van der Waals surface area contributed by atoms with Crippen molar-refractivity contribution in [2.24, 2.45) is 0 Å². The summed E-state index contributed by atoms with van der Waals surface area (Å²) in [6, 6.07) is 3.23. The summed E-state index contributed by atoms with van der Waals surface area (Å²) in [5.41, 5.74) is 6.51. The van der Waals surface area contributed by atoms with Crippen molar-refractivity contribution in [2.45, 2.75) is 6.92 Å². The Hall–Kier alpha value is -1.73. The van der Waals surface area contributed by atoms with Gasteiger partial charge in [0.1, 0.15) is 10.8 Å². The van der Waals surface area contributed by atoms with Gasteiger partial charge in [-0.15, -0.1) is 0 Å². The fraction of sp³-hybridized carbons (Fsp3) is 0.200. The van der Waals surface area contributed by atoms with E-state index in [1.165, 1.54) is 6.92 Å². The van der Waals surface area contributed by atoms with Crippen LogP contribution in [0.1, 0.15) is 12.6 Å². The van der Waals surface area contributed by atoms with Crippen molar-refractivity contribution in [3.63, 3.8) is 0 Å². The number of anilines is 1. The molecule has 0 spiro atoms. The van der Waals surface area contributed by atoms with E-state index in [0.717, 1.165) is 0 Å². The monoisotopic (exact) mass is 223 g/mol. The average Bonchev–Trinajstić information content (AvgIpc) is 2.17. The lowest BCUT2D eigenvalue weighted by Gasteiger charge is -1.97. The molecular weight excluding hydrogens is 214 g/mol. The quantitative estimate of drug-likeness (QED) is 0.547. The highest BCUT2D eigenvalue weighted by Crippen LogP contribution is 2.11. The maximum absolute atomic E-state index is 10.5. The largest absolute Gasteiger partial charge is 0.396 e. The minimum Gasteiger partial charge on any atom is -0.396 e. The van der Waals surface area contributed by atoms with Gasteiger partial charge in [-0.2, -0.15) is 0 Å². The number of carbonyl (C=O) groups is 1. The Kier molecular flexibility index (Phi) is 3.95. The summed E-state index contributed by atoms with van der Waals surface area (Å²) in [5.74, 6) is 5.31. The van der Waals surface area contributed by atoms with Gasteiger partial charge in [-0.25, -0.2) is 4.98 Å². The van der Waals surface area contributed by atoms with Gasteiger partial charge in [0.25, 0.3) is 0 Å². The zero-order chi connectivity index (χ0) is 11.3. The fourth-order valence-electron chi connectivity index (χ4n) is 0.843. The predicted octanol–water partition coefficient (Wildman–Crippen LogP) is 0.805. The number of nitrogen functional groups attached to an aromatic ring is 1. The summed E-state index contributed by atoms with van der Waals surface area (Å²) in [5, 5.41) is 2.88. The molecule has 0 saturated carbocycles. The summed E-state index contributed by atoms with van der Waals surface area (Å²) in [6.45, 7) is 1.69. The van der Waals surface area contributed by atoms with Gasteiger partial charge in [0, 0.05) is 6.92 Å². The Labute approximate surface area is 92.8 Å². The Morgan fingerprint density at radius 3 is 3.07 bits per heavy atom. The molecule has 5 heteroatoms. The number of halogens is 1. The molecule has 3 N–H and O–H groups in total. The average molecular weight is 224 g/mol. The molecule has 1 amide bonds. The lowest BCUT2D eigenvalue weighted by Crippen LogP contribution is -2.19. The lowest BCUT2D eigenvalue weighted by atomic mass is 10.3. The van der Waals surface area contributed by atoms with Crippen molar-refractivity contribution >= 4 is 23.2 Å². The van der Waals surface area contributed by atoms with E-state index < -0.39 is 0 Å². The Morgan fingerprint density at radius 2 is 2.40 bits per heavy atom. The van der Waals surface area contributed by atoms with Crippen LogP contribution in [-0.4, -0.2) is 17.4 Å². The van der Waals surface area contributed by atoms with Crippen molar-refractivity contribution in [2.75, 3.05) is 12.3 Å². The molecule has 0 unspecified atom stereocenters. The van der Waals surface area contributed by atoms with Gasteiger partial charge in [0.2, 0.25) is 5.91 Å². The van der Waals surface area contributed by atoms with Crippen molar-refractivity contribution in [3.05, 3.63) is 23.0 Å². The maximum Gasteiger partial charge on any atom is 0.217 e. The highest BCUT2D eigenvalue weighted by Gasteiger charge is 1.97. The topological polar surface area (TPSA) is 68.0 Å². The number of nitrogens with zero attached hydrogens (tertiary/aromatic N) is 1. The zero-order valence-corrected chi connectivity index (χ0v) is 8.93. The molecule has 1 rings (SSSR count). The number of nitrogens with two attached hydrogens (primary N) is 1. The molecule has 1 aromatic rings. The molecule has 0 aliphatic heterocycles. The molecule has 4 nitrogen and oxygen atoms in total. The molecule has 0 aromatic carbocycles. The summed E-state index contributed by atoms with van der Waals surface area (Å²) >= 11 is 5.68. The van der Waals surface area contributed by atoms with E-state index in [1.807, 2.05) is 0 Å². The summed E-state index contributed by atoms with van der Waals surface area (Å²) in [7, 11) is 0. The second-order valence-electron chi connectivity index (χ2n) is 2.78. The van der Waals surface area contributed by atoms with Gasteiger partial charge < -0.3 is 11.1 Å². The van der Waals surface area contributed by atoms with Crippen LogP contribution in [0.25, 0.3) is 0 Å². The van der Waals surface area contributed by atoms with Crippen molar-refractivity contribution in [1.82, 2.24) is 10.3 Å². The molecule has 0 aliphatic carbocycles.